The van der Waals surface area contributed by atoms with Crippen LogP contribution in [-0.4, -0.2) is 45.0 Å². The first kappa shape index (κ1) is 21.5. The lowest BCUT2D eigenvalue weighted by molar-refractivity contribution is 0.142. The number of rotatable bonds is 6. The number of para-hydroxylation sites is 1. The second-order valence-electron chi connectivity index (χ2n) is 7.90. The van der Waals surface area contributed by atoms with Crippen molar-refractivity contribution in [1.29, 1.82) is 0 Å². The van der Waals surface area contributed by atoms with Crippen molar-refractivity contribution in [3.63, 3.8) is 0 Å². The molecular formula is C23H22FN5O3S. The molecule has 1 unspecified atom stereocenters. The number of ether oxygens (including phenoxy) is 1. The Morgan fingerprint density at radius 1 is 1.21 bits per heavy atom. The SMILES string of the molecule is COc1ccccc1-c1nn(CN2CCCC(c3nc(-c4cccc(F)c4)no3)C2)c(=S)o1. The predicted octanol–water partition coefficient (Wildman–Crippen LogP) is 4.91. The van der Waals surface area contributed by atoms with Crippen LogP contribution in [0.1, 0.15) is 24.7 Å². The van der Waals surface area contributed by atoms with Crippen molar-refractivity contribution in [2.24, 2.45) is 0 Å². The molecule has 0 bridgehead atoms. The maximum absolute atomic E-state index is 13.5. The number of likely N-dealkylation sites (tertiary alicyclic amines) is 1. The summed E-state index contributed by atoms with van der Waals surface area (Å²) in [4.78, 5) is 7.04. The van der Waals surface area contributed by atoms with Crippen molar-refractivity contribution in [2.75, 3.05) is 20.2 Å². The van der Waals surface area contributed by atoms with E-state index >= 15 is 0 Å². The van der Waals surface area contributed by atoms with Crippen LogP contribution in [0.5, 0.6) is 5.75 Å². The molecule has 0 N–H and O–H groups in total. The molecule has 4 aromatic rings. The molecule has 5 rings (SSSR count). The molecule has 0 radical (unpaired) electrons. The molecule has 8 nitrogen and oxygen atoms in total. The van der Waals surface area contributed by atoms with Crippen LogP contribution < -0.4 is 4.74 Å². The normalized spacial score (nSPS) is 16.7. The summed E-state index contributed by atoms with van der Waals surface area (Å²) in [7, 11) is 1.61. The quantitative estimate of drug-likeness (QED) is 0.370. The van der Waals surface area contributed by atoms with Crippen molar-refractivity contribution in [1.82, 2.24) is 24.8 Å². The molecule has 1 aliphatic rings. The highest BCUT2D eigenvalue weighted by atomic mass is 32.1. The molecule has 0 saturated carbocycles. The van der Waals surface area contributed by atoms with Crippen LogP contribution in [0.4, 0.5) is 4.39 Å². The number of aromatic nitrogens is 4. The minimum absolute atomic E-state index is 0.0725. The van der Waals surface area contributed by atoms with E-state index in [9.17, 15) is 4.39 Å². The Hall–Kier alpha value is -3.37. The Labute approximate surface area is 194 Å². The summed E-state index contributed by atoms with van der Waals surface area (Å²) >= 11 is 5.41. The molecule has 3 heterocycles. The number of halogens is 1. The standard InChI is InChI=1S/C23H22FN5O3S/c1-30-19-10-3-2-9-18(19)22-26-29(23(33)31-22)14-28-11-5-7-16(13-28)21-25-20(27-32-21)15-6-4-8-17(24)12-15/h2-4,6,8-10,12,16H,5,7,11,13-14H2,1H3. The molecule has 1 saturated heterocycles. The van der Waals surface area contributed by atoms with Crippen LogP contribution >= 0.6 is 12.2 Å². The van der Waals surface area contributed by atoms with Crippen LogP contribution in [0.2, 0.25) is 0 Å². The summed E-state index contributed by atoms with van der Waals surface area (Å²) in [5.74, 6) is 1.77. The minimum atomic E-state index is -0.334. The highest BCUT2D eigenvalue weighted by Crippen LogP contribution is 2.30. The zero-order chi connectivity index (χ0) is 22.8. The van der Waals surface area contributed by atoms with Crippen molar-refractivity contribution in [3.8, 4) is 28.6 Å². The number of methoxy groups -OCH3 is 1. The van der Waals surface area contributed by atoms with Gasteiger partial charge in [-0.2, -0.15) is 4.98 Å². The zero-order valence-corrected chi connectivity index (χ0v) is 18.8. The van der Waals surface area contributed by atoms with Crippen LogP contribution in [0.15, 0.2) is 57.5 Å². The summed E-state index contributed by atoms with van der Waals surface area (Å²) < 4.78 is 31.9. The molecule has 2 aromatic carbocycles. The molecular weight excluding hydrogens is 445 g/mol. The van der Waals surface area contributed by atoms with Gasteiger partial charge in [-0.15, -0.1) is 5.10 Å². The Kier molecular flexibility index (Phi) is 6.01. The van der Waals surface area contributed by atoms with Gasteiger partial charge in [0, 0.05) is 12.1 Å². The minimum Gasteiger partial charge on any atom is -0.496 e. The van der Waals surface area contributed by atoms with Crippen LogP contribution in [-0.2, 0) is 6.67 Å². The Balaban J connectivity index is 1.30. The summed E-state index contributed by atoms with van der Waals surface area (Å²) in [5.41, 5.74) is 1.34. The lowest BCUT2D eigenvalue weighted by atomic mass is 9.98. The van der Waals surface area contributed by atoms with Crippen molar-refractivity contribution in [2.45, 2.75) is 25.4 Å². The maximum atomic E-state index is 13.5. The van der Waals surface area contributed by atoms with Gasteiger partial charge in [0.05, 0.1) is 25.3 Å². The highest BCUT2D eigenvalue weighted by molar-refractivity contribution is 7.71. The third-order valence-corrected chi connectivity index (χ3v) is 5.95. The summed E-state index contributed by atoms with van der Waals surface area (Å²) in [5, 5.41) is 8.62. The van der Waals surface area contributed by atoms with Gasteiger partial charge in [-0.3, -0.25) is 4.90 Å². The molecule has 1 atom stereocenters. The first-order chi connectivity index (χ1) is 16.1. The van der Waals surface area contributed by atoms with Gasteiger partial charge in [0.1, 0.15) is 11.6 Å². The van der Waals surface area contributed by atoms with E-state index < -0.39 is 0 Å². The van der Waals surface area contributed by atoms with E-state index in [1.165, 1.54) is 12.1 Å². The van der Waals surface area contributed by atoms with Gasteiger partial charge in [0.2, 0.25) is 11.7 Å². The van der Waals surface area contributed by atoms with Gasteiger partial charge >= 0.3 is 0 Å². The molecule has 2 aromatic heterocycles. The fourth-order valence-corrected chi connectivity index (χ4v) is 4.22. The summed E-state index contributed by atoms with van der Waals surface area (Å²) in [6.45, 7) is 2.09. The molecule has 10 heteroatoms. The van der Waals surface area contributed by atoms with Crippen LogP contribution in [0.3, 0.4) is 0 Å². The maximum Gasteiger partial charge on any atom is 0.288 e. The fourth-order valence-electron chi connectivity index (χ4n) is 4.05. The van der Waals surface area contributed by atoms with Crippen LogP contribution in [0, 0.1) is 10.7 Å². The molecule has 33 heavy (non-hydrogen) atoms. The van der Waals surface area contributed by atoms with E-state index in [4.69, 9.17) is 25.9 Å². The fraction of sp³-hybridized carbons (Fsp3) is 0.304. The summed E-state index contributed by atoms with van der Waals surface area (Å²) in [6.07, 6.45) is 1.89. The summed E-state index contributed by atoms with van der Waals surface area (Å²) in [6, 6.07) is 13.7. The smallest absolute Gasteiger partial charge is 0.288 e. The van der Waals surface area contributed by atoms with Crippen molar-refractivity contribution >= 4 is 12.2 Å². The third-order valence-electron chi connectivity index (χ3n) is 5.66. The van der Waals surface area contributed by atoms with Crippen LogP contribution in [0.25, 0.3) is 22.8 Å². The van der Waals surface area contributed by atoms with E-state index in [0.717, 1.165) is 24.9 Å². The topological polar surface area (TPSA) is 82.4 Å². The first-order valence-corrected chi connectivity index (χ1v) is 11.0. The molecule has 170 valence electrons. The molecule has 0 amide bonds. The van der Waals surface area contributed by atoms with Gasteiger partial charge in [-0.05, 0) is 55.9 Å². The average Bonchev–Trinajstić information content (AvgIpc) is 3.47. The Morgan fingerprint density at radius 3 is 2.94 bits per heavy atom. The largest absolute Gasteiger partial charge is 0.496 e. The number of benzene rings is 2. The van der Waals surface area contributed by atoms with Gasteiger partial charge in [-0.1, -0.05) is 29.4 Å². The zero-order valence-electron chi connectivity index (χ0n) is 18.0. The van der Waals surface area contributed by atoms with E-state index in [0.29, 0.717) is 47.0 Å². The van der Waals surface area contributed by atoms with Gasteiger partial charge < -0.3 is 13.7 Å². The monoisotopic (exact) mass is 467 g/mol. The number of piperidine rings is 1. The van der Waals surface area contributed by atoms with Gasteiger partial charge in [-0.25, -0.2) is 9.07 Å². The van der Waals surface area contributed by atoms with Gasteiger partial charge in [0.15, 0.2) is 0 Å². The molecule has 0 aliphatic carbocycles. The Bertz CT molecular complexity index is 1320. The van der Waals surface area contributed by atoms with E-state index in [1.54, 1.807) is 23.9 Å². The van der Waals surface area contributed by atoms with Crippen molar-refractivity contribution < 1.29 is 18.1 Å². The lowest BCUT2D eigenvalue weighted by Crippen LogP contribution is -2.36. The first-order valence-electron chi connectivity index (χ1n) is 10.6. The lowest BCUT2D eigenvalue weighted by Gasteiger charge is -2.30. The predicted molar refractivity (Wildman–Crippen MR) is 121 cm³/mol. The molecule has 0 spiro atoms. The average molecular weight is 468 g/mol. The highest BCUT2D eigenvalue weighted by Gasteiger charge is 2.27. The number of hydrogen-bond donors (Lipinski definition) is 0. The van der Waals surface area contributed by atoms with E-state index in [2.05, 4.69) is 20.1 Å². The molecule has 1 fully saturated rings. The number of nitrogens with zero attached hydrogens (tertiary/aromatic N) is 5. The second-order valence-corrected chi connectivity index (χ2v) is 8.25. The van der Waals surface area contributed by atoms with E-state index in [-0.39, 0.29) is 11.7 Å². The molecule has 1 aliphatic heterocycles. The third kappa shape index (κ3) is 4.57. The number of hydrogen-bond acceptors (Lipinski definition) is 8. The van der Waals surface area contributed by atoms with Gasteiger partial charge in [0.25, 0.3) is 10.7 Å². The second kappa shape index (κ2) is 9.24. The Morgan fingerprint density at radius 2 is 2.09 bits per heavy atom. The van der Waals surface area contributed by atoms with Crippen molar-refractivity contribution in [3.05, 3.63) is 65.1 Å². The van der Waals surface area contributed by atoms with E-state index in [1.807, 2.05) is 24.3 Å².